The molecule has 1 saturated carbocycles. The number of ether oxygens (including phenoxy) is 1. The number of carbonyl (C=O) groups is 2. The molecule has 0 bridgehead atoms. The highest BCUT2D eigenvalue weighted by Gasteiger charge is 2.31. The van der Waals surface area contributed by atoms with Gasteiger partial charge in [0.25, 0.3) is 0 Å². The molecule has 0 aliphatic heterocycles. The van der Waals surface area contributed by atoms with Gasteiger partial charge in [0.15, 0.2) is 0 Å². The van der Waals surface area contributed by atoms with Crippen LogP contribution in [0.15, 0.2) is 24.3 Å². The summed E-state index contributed by atoms with van der Waals surface area (Å²) < 4.78 is 4.92. The fourth-order valence-corrected chi connectivity index (χ4v) is 2.80. The smallest absolute Gasteiger partial charge is 0.338 e. The zero-order chi connectivity index (χ0) is 15.2. The van der Waals surface area contributed by atoms with Crippen LogP contribution < -0.4 is 11.1 Å². The third kappa shape index (κ3) is 3.82. The Kier molecular flexibility index (Phi) is 5.33. The van der Waals surface area contributed by atoms with E-state index in [4.69, 9.17) is 10.5 Å². The number of hydrogen-bond acceptors (Lipinski definition) is 4. The van der Waals surface area contributed by atoms with Gasteiger partial charge in [-0.05, 0) is 56.5 Å². The van der Waals surface area contributed by atoms with Crippen molar-refractivity contribution in [3.05, 3.63) is 29.8 Å². The predicted molar refractivity (Wildman–Crippen MR) is 80.9 cm³/mol. The Morgan fingerprint density at radius 3 is 2.62 bits per heavy atom. The average molecular weight is 290 g/mol. The summed E-state index contributed by atoms with van der Waals surface area (Å²) >= 11 is 0. The second-order valence-corrected chi connectivity index (χ2v) is 5.32. The molecule has 1 amide bonds. The number of benzene rings is 1. The monoisotopic (exact) mass is 290 g/mol. The first kappa shape index (κ1) is 15.5. The van der Waals surface area contributed by atoms with E-state index >= 15 is 0 Å². The van der Waals surface area contributed by atoms with Gasteiger partial charge in [0.2, 0.25) is 5.91 Å². The van der Waals surface area contributed by atoms with Gasteiger partial charge in [-0.3, -0.25) is 4.79 Å². The minimum Gasteiger partial charge on any atom is -0.462 e. The van der Waals surface area contributed by atoms with E-state index in [0.717, 1.165) is 19.3 Å². The highest BCUT2D eigenvalue weighted by molar-refractivity contribution is 5.94. The van der Waals surface area contributed by atoms with Gasteiger partial charge < -0.3 is 15.8 Å². The van der Waals surface area contributed by atoms with E-state index in [-0.39, 0.29) is 23.7 Å². The normalized spacial score (nSPS) is 21.0. The van der Waals surface area contributed by atoms with Crippen LogP contribution in [0, 0.1) is 11.8 Å². The molecular weight excluding hydrogens is 268 g/mol. The molecule has 0 heterocycles. The van der Waals surface area contributed by atoms with E-state index in [2.05, 4.69) is 5.32 Å². The van der Waals surface area contributed by atoms with Gasteiger partial charge >= 0.3 is 5.97 Å². The molecule has 1 aromatic carbocycles. The largest absolute Gasteiger partial charge is 0.462 e. The Balaban J connectivity index is 1.97. The van der Waals surface area contributed by atoms with Gasteiger partial charge in [-0.25, -0.2) is 4.79 Å². The summed E-state index contributed by atoms with van der Waals surface area (Å²) in [5, 5.41) is 2.90. The molecule has 21 heavy (non-hydrogen) atoms. The fourth-order valence-electron chi connectivity index (χ4n) is 2.80. The van der Waals surface area contributed by atoms with Crippen LogP contribution in [0.3, 0.4) is 0 Å². The van der Waals surface area contributed by atoms with Gasteiger partial charge in [0.05, 0.1) is 12.2 Å². The lowest BCUT2D eigenvalue weighted by atomic mass is 9.95. The highest BCUT2D eigenvalue weighted by atomic mass is 16.5. The van der Waals surface area contributed by atoms with Crippen molar-refractivity contribution >= 4 is 17.6 Å². The molecule has 5 nitrogen and oxygen atoms in total. The number of anilines is 1. The van der Waals surface area contributed by atoms with Crippen LogP contribution in [-0.2, 0) is 9.53 Å². The van der Waals surface area contributed by atoms with Crippen molar-refractivity contribution in [2.75, 3.05) is 18.5 Å². The summed E-state index contributed by atoms with van der Waals surface area (Å²) in [6.45, 7) is 2.67. The lowest BCUT2D eigenvalue weighted by molar-refractivity contribution is -0.120. The lowest BCUT2D eigenvalue weighted by Gasteiger charge is -2.17. The molecule has 2 rings (SSSR count). The number of rotatable bonds is 5. The van der Waals surface area contributed by atoms with E-state index in [0.29, 0.717) is 24.4 Å². The summed E-state index contributed by atoms with van der Waals surface area (Å²) in [5.41, 5.74) is 6.88. The molecule has 2 atom stereocenters. The number of carbonyl (C=O) groups excluding carboxylic acids is 2. The molecular formula is C16H22N2O3. The summed E-state index contributed by atoms with van der Waals surface area (Å²) in [5.74, 6) is -0.0512. The maximum Gasteiger partial charge on any atom is 0.338 e. The maximum absolute atomic E-state index is 12.2. The van der Waals surface area contributed by atoms with Crippen molar-refractivity contribution in [1.29, 1.82) is 0 Å². The van der Waals surface area contributed by atoms with E-state index < -0.39 is 0 Å². The van der Waals surface area contributed by atoms with Crippen LogP contribution in [0.1, 0.15) is 36.5 Å². The lowest BCUT2D eigenvalue weighted by Crippen LogP contribution is -2.29. The van der Waals surface area contributed by atoms with E-state index in [1.807, 2.05) is 0 Å². The van der Waals surface area contributed by atoms with Crippen molar-refractivity contribution in [2.24, 2.45) is 17.6 Å². The Labute approximate surface area is 124 Å². The topological polar surface area (TPSA) is 81.4 Å². The van der Waals surface area contributed by atoms with Crippen LogP contribution in [0.25, 0.3) is 0 Å². The number of amides is 1. The van der Waals surface area contributed by atoms with Crippen LogP contribution in [0.5, 0.6) is 0 Å². The first-order chi connectivity index (χ1) is 10.2. The summed E-state index contributed by atoms with van der Waals surface area (Å²) in [4.78, 5) is 23.8. The van der Waals surface area contributed by atoms with Crippen LogP contribution in [0.2, 0.25) is 0 Å². The molecule has 1 fully saturated rings. The second kappa shape index (κ2) is 7.22. The Bertz CT molecular complexity index is 499. The minimum absolute atomic E-state index is 0.000247. The third-order valence-corrected chi connectivity index (χ3v) is 3.96. The fraction of sp³-hybridized carbons (Fsp3) is 0.500. The number of hydrogen-bond donors (Lipinski definition) is 2. The zero-order valence-corrected chi connectivity index (χ0v) is 12.3. The highest BCUT2D eigenvalue weighted by Crippen LogP contribution is 2.31. The van der Waals surface area contributed by atoms with Crippen LogP contribution >= 0.6 is 0 Å². The number of esters is 1. The first-order valence-electron chi connectivity index (χ1n) is 7.43. The number of nitrogens with one attached hydrogen (secondary N) is 1. The molecule has 0 radical (unpaired) electrons. The number of nitrogens with two attached hydrogens (primary N) is 1. The molecule has 114 valence electrons. The van der Waals surface area contributed by atoms with E-state index in [1.165, 1.54) is 0 Å². The minimum atomic E-state index is -0.352. The summed E-state index contributed by atoms with van der Waals surface area (Å²) in [6.07, 6.45) is 2.98. The van der Waals surface area contributed by atoms with Crippen LogP contribution in [-0.4, -0.2) is 25.0 Å². The van der Waals surface area contributed by atoms with Crippen LogP contribution in [0.4, 0.5) is 5.69 Å². The summed E-state index contributed by atoms with van der Waals surface area (Å²) in [6, 6.07) is 6.75. The molecule has 1 aliphatic carbocycles. The van der Waals surface area contributed by atoms with Crippen molar-refractivity contribution in [3.8, 4) is 0 Å². The van der Waals surface area contributed by atoms with Crippen molar-refractivity contribution in [1.82, 2.24) is 0 Å². The van der Waals surface area contributed by atoms with Crippen molar-refractivity contribution in [3.63, 3.8) is 0 Å². The van der Waals surface area contributed by atoms with Gasteiger partial charge in [-0.1, -0.05) is 6.42 Å². The van der Waals surface area contributed by atoms with Gasteiger partial charge in [-0.15, -0.1) is 0 Å². The third-order valence-electron chi connectivity index (χ3n) is 3.96. The SMILES string of the molecule is CCOC(=O)c1ccc(NC(=O)C2CCCC2CN)cc1. The molecule has 2 unspecified atom stereocenters. The van der Waals surface area contributed by atoms with E-state index in [1.54, 1.807) is 31.2 Å². The van der Waals surface area contributed by atoms with Gasteiger partial charge in [0, 0.05) is 11.6 Å². The Morgan fingerprint density at radius 2 is 2.00 bits per heavy atom. The summed E-state index contributed by atoms with van der Waals surface area (Å²) in [7, 11) is 0. The molecule has 0 saturated heterocycles. The molecule has 5 heteroatoms. The molecule has 0 spiro atoms. The quantitative estimate of drug-likeness (QED) is 0.814. The average Bonchev–Trinajstić information content (AvgIpc) is 2.97. The Hall–Kier alpha value is -1.88. The standard InChI is InChI=1S/C16H22N2O3/c1-2-21-16(20)11-6-8-13(9-7-11)18-15(19)14-5-3-4-12(14)10-17/h6-9,12,14H,2-5,10,17H2,1H3,(H,18,19). The second-order valence-electron chi connectivity index (χ2n) is 5.32. The predicted octanol–water partition coefficient (Wildman–Crippen LogP) is 2.18. The van der Waals surface area contributed by atoms with Gasteiger partial charge in [0.1, 0.15) is 0 Å². The molecule has 0 aromatic heterocycles. The molecule has 3 N–H and O–H groups in total. The van der Waals surface area contributed by atoms with E-state index in [9.17, 15) is 9.59 Å². The first-order valence-corrected chi connectivity index (χ1v) is 7.43. The molecule has 1 aromatic rings. The Morgan fingerprint density at radius 1 is 1.29 bits per heavy atom. The maximum atomic E-state index is 12.2. The van der Waals surface area contributed by atoms with Gasteiger partial charge in [-0.2, -0.15) is 0 Å². The molecule has 1 aliphatic rings. The zero-order valence-electron chi connectivity index (χ0n) is 12.3. The van der Waals surface area contributed by atoms with Crippen molar-refractivity contribution in [2.45, 2.75) is 26.2 Å². The van der Waals surface area contributed by atoms with Crippen molar-refractivity contribution < 1.29 is 14.3 Å².